The molecule has 1 amide bonds. The lowest BCUT2D eigenvalue weighted by molar-refractivity contribution is -0.127. The average Bonchev–Trinajstić information content (AvgIpc) is 3.51. The van der Waals surface area contributed by atoms with Crippen molar-refractivity contribution in [3.05, 3.63) is 136 Å². The third-order valence-corrected chi connectivity index (χ3v) is 9.91. The van der Waals surface area contributed by atoms with Gasteiger partial charge in [0, 0.05) is 47.3 Å². The lowest BCUT2D eigenvalue weighted by Gasteiger charge is -2.29. The monoisotopic (exact) mass is 662 g/mol. The van der Waals surface area contributed by atoms with Crippen LogP contribution in [0.25, 0.3) is 17.0 Å². The number of para-hydroxylation sites is 1. The van der Waals surface area contributed by atoms with Gasteiger partial charge in [-0.05, 0) is 68.3 Å². The number of benzene rings is 3. The normalized spacial score (nSPS) is 15.0. The first-order valence-corrected chi connectivity index (χ1v) is 16.2. The van der Waals surface area contributed by atoms with Gasteiger partial charge in [0.2, 0.25) is 0 Å². The first-order chi connectivity index (χ1) is 21.2. The van der Waals surface area contributed by atoms with Crippen LogP contribution in [-0.4, -0.2) is 33.0 Å². The summed E-state index contributed by atoms with van der Waals surface area (Å²) < 4.78 is 4.32. The molecule has 0 saturated heterocycles. The van der Waals surface area contributed by atoms with Gasteiger partial charge in [0.05, 0.1) is 31.9 Å². The highest BCUT2D eigenvalue weighted by atomic mass is 35.5. The van der Waals surface area contributed by atoms with Gasteiger partial charge < -0.3 is 9.47 Å². The highest BCUT2D eigenvalue weighted by Gasteiger charge is 2.34. The van der Waals surface area contributed by atoms with Crippen molar-refractivity contribution < 1.29 is 4.79 Å². The first-order valence-electron chi connectivity index (χ1n) is 14.3. The molecule has 3 aromatic carbocycles. The van der Waals surface area contributed by atoms with Gasteiger partial charge in [0.25, 0.3) is 11.5 Å². The molecule has 0 spiro atoms. The van der Waals surface area contributed by atoms with Gasteiger partial charge in [-0.2, -0.15) is 0 Å². The van der Waals surface area contributed by atoms with Crippen molar-refractivity contribution in [1.82, 2.24) is 14.0 Å². The van der Waals surface area contributed by atoms with E-state index in [9.17, 15) is 9.59 Å². The van der Waals surface area contributed by atoms with Crippen LogP contribution in [-0.2, 0) is 11.3 Å². The smallest absolute Gasteiger partial charge is 0.271 e. The molecule has 6 rings (SSSR count). The number of likely N-dealkylation sites (N-methyl/N-ethyl adjacent to an activating group) is 1. The molecule has 5 aromatic rings. The number of carbonyl (C=O) groups excluding carboxylic acids is 1. The van der Waals surface area contributed by atoms with E-state index in [0.29, 0.717) is 55.3 Å². The van der Waals surface area contributed by atoms with Crippen molar-refractivity contribution in [2.24, 2.45) is 4.99 Å². The van der Waals surface area contributed by atoms with Gasteiger partial charge in [-0.25, -0.2) is 4.99 Å². The van der Waals surface area contributed by atoms with E-state index < -0.39 is 6.04 Å². The summed E-state index contributed by atoms with van der Waals surface area (Å²) in [4.78, 5) is 35.2. The average molecular weight is 664 g/mol. The number of nitrogens with zero attached hydrogens (tertiary/aromatic N) is 4. The molecule has 10 heteroatoms. The van der Waals surface area contributed by atoms with Crippen molar-refractivity contribution >= 4 is 69.0 Å². The molecular formula is C34H29Cl3N4O2S. The van der Waals surface area contributed by atoms with Crippen molar-refractivity contribution in [2.75, 3.05) is 13.1 Å². The molecule has 44 heavy (non-hydrogen) atoms. The summed E-state index contributed by atoms with van der Waals surface area (Å²) in [6.07, 6.45) is 3.96. The number of thiazole rings is 1. The van der Waals surface area contributed by atoms with E-state index in [1.807, 2.05) is 75.5 Å². The number of hydrogen-bond acceptors (Lipinski definition) is 4. The molecule has 0 saturated carbocycles. The molecule has 0 radical (unpaired) electrons. The highest BCUT2D eigenvalue weighted by Crippen LogP contribution is 2.32. The van der Waals surface area contributed by atoms with Crippen LogP contribution in [0.1, 0.15) is 43.5 Å². The zero-order valence-corrected chi connectivity index (χ0v) is 27.4. The Kier molecular flexibility index (Phi) is 8.57. The van der Waals surface area contributed by atoms with Gasteiger partial charge in [-0.15, -0.1) is 0 Å². The maximum atomic E-state index is 14.2. The number of aromatic nitrogens is 2. The van der Waals surface area contributed by atoms with Crippen LogP contribution >= 0.6 is 46.1 Å². The van der Waals surface area contributed by atoms with Crippen LogP contribution in [0, 0.1) is 0 Å². The number of fused-ring (bicyclic) bond motifs is 2. The van der Waals surface area contributed by atoms with Gasteiger partial charge in [-0.3, -0.25) is 14.2 Å². The third-order valence-electron chi connectivity index (χ3n) is 7.93. The van der Waals surface area contributed by atoms with Crippen LogP contribution in [0.3, 0.4) is 0 Å². The predicted octanol–water partition coefficient (Wildman–Crippen LogP) is 7.07. The second-order valence-corrected chi connectivity index (χ2v) is 12.8. The molecule has 0 bridgehead atoms. The molecule has 0 fully saturated rings. The van der Waals surface area contributed by atoms with Crippen molar-refractivity contribution in [1.29, 1.82) is 0 Å². The van der Waals surface area contributed by atoms with Crippen LogP contribution in [0.15, 0.2) is 94.0 Å². The van der Waals surface area contributed by atoms with Crippen LogP contribution in [0.4, 0.5) is 0 Å². The lowest BCUT2D eigenvalue weighted by atomic mass is 9.94. The van der Waals surface area contributed by atoms with Gasteiger partial charge in [0.1, 0.15) is 0 Å². The Morgan fingerprint density at radius 1 is 1.00 bits per heavy atom. The van der Waals surface area contributed by atoms with Crippen molar-refractivity contribution in [2.45, 2.75) is 33.4 Å². The Bertz CT molecular complexity index is 2120. The molecular weight excluding hydrogens is 635 g/mol. The van der Waals surface area contributed by atoms with E-state index in [2.05, 4.69) is 10.6 Å². The van der Waals surface area contributed by atoms with Crippen molar-refractivity contribution in [3.63, 3.8) is 0 Å². The quantitative estimate of drug-likeness (QED) is 0.187. The summed E-state index contributed by atoms with van der Waals surface area (Å²) >= 11 is 20.0. The van der Waals surface area contributed by atoms with Crippen LogP contribution in [0.5, 0.6) is 0 Å². The summed E-state index contributed by atoms with van der Waals surface area (Å²) in [5, 5.41) is 2.61. The minimum Gasteiger partial charge on any atom is -0.342 e. The van der Waals surface area contributed by atoms with Gasteiger partial charge in [-0.1, -0.05) is 82.5 Å². The standard InChI is InChI=1S/C34H29Cl3N4O2S/c1-4-39(5-2)33(43)30-20(3)38-34-41(31(30)22-11-13-24(35)14-12-22)32(42)29(44-34)17-23-19-40(28-9-7-6-8-25(23)28)18-21-10-15-26(36)27(37)16-21/h6-17,19,31H,4-5,18H2,1-3H3/b29-17+/t31-/m0/s1. The van der Waals surface area contributed by atoms with E-state index >= 15 is 0 Å². The van der Waals surface area contributed by atoms with E-state index in [1.54, 1.807) is 27.7 Å². The molecule has 6 nitrogen and oxygen atoms in total. The minimum absolute atomic E-state index is 0.129. The molecule has 1 aliphatic rings. The number of hydrogen-bond donors (Lipinski definition) is 0. The number of carbonyl (C=O) groups is 1. The Hall–Kier alpha value is -3.62. The number of halogens is 3. The largest absolute Gasteiger partial charge is 0.342 e. The fourth-order valence-electron chi connectivity index (χ4n) is 5.73. The molecule has 3 heterocycles. The summed E-state index contributed by atoms with van der Waals surface area (Å²) in [5.74, 6) is -0.129. The summed E-state index contributed by atoms with van der Waals surface area (Å²) in [6.45, 7) is 7.42. The fourth-order valence-corrected chi connectivity index (χ4v) is 7.22. The molecule has 224 valence electrons. The number of amides is 1. The molecule has 0 N–H and O–H groups in total. The molecule has 1 atom stereocenters. The number of rotatable bonds is 7. The summed E-state index contributed by atoms with van der Waals surface area (Å²) in [5.41, 5.74) is 4.64. The van der Waals surface area contributed by atoms with E-state index in [1.165, 1.54) is 11.3 Å². The van der Waals surface area contributed by atoms with Gasteiger partial charge in [0.15, 0.2) is 4.80 Å². The minimum atomic E-state index is -0.630. The van der Waals surface area contributed by atoms with Crippen LogP contribution in [0.2, 0.25) is 15.1 Å². The third kappa shape index (κ3) is 5.54. The van der Waals surface area contributed by atoms with Crippen LogP contribution < -0.4 is 14.9 Å². The maximum Gasteiger partial charge on any atom is 0.271 e. The second kappa shape index (κ2) is 12.4. The lowest BCUT2D eigenvalue weighted by Crippen LogP contribution is -2.43. The molecule has 0 aliphatic carbocycles. The molecule has 1 aliphatic heterocycles. The Labute approximate surface area is 273 Å². The summed E-state index contributed by atoms with van der Waals surface area (Å²) in [7, 11) is 0. The fraction of sp³-hybridized carbons (Fsp3) is 0.206. The van der Waals surface area contributed by atoms with E-state index in [-0.39, 0.29) is 11.5 Å². The maximum absolute atomic E-state index is 14.2. The SMILES string of the molecule is CCN(CC)C(=O)C1=C(C)N=c2s/c(=C/c3cn(Cc4ccc(Cl)c(Cl)c4)c4ccccc34)c(=O)n2[C@H]1c1ccc(Cl)cc1. The predicted molar refractivity (Wildman–Crippen MR) is 181 cm³/mol. The van der Waals surface area contributed by atoms with E-state index in [4.69, 9.17) is 39.8 Å². The van der Waals surface area contributed by atoms with Gasteiger partial charge >= 0.3 is 0 Å². The zero-order chi connectivity index (χ0) is 31.1. The Balaban J connectivity index is 1.51. The highest BCUT2D eigenvalue weighted by molar-refractivity contribution is 7.07. The first kappa shape index (κ1) is 30.4. The summed E-state index contributed by atoms with van der Waals surface area (Å²) in [6, 6.07) is 20.4. The topological polar surface area (TPSA) is 59.6 Å². The zero-order valence-electron chi connectivity index (χ0n) is 24.4. The number of allylic oxidation sites excluding steroid dienone is 1. The molecule has 0 unspecified atom stereocenters. The second-order valence-electron chi connectivity index (χ2n) is 10.6. The Morgan fingerprint density at radius 3 is 2.43 bits per heavy atom. The van der Waals surface area contributed by atoms with Crippen molar-refractivity contribution in [3.8, 4) is 0 Å². The Morgan fingerprint density at radius 2 is 1.73 bits per heavy atom. The van der Waals surface area contributed by atoms with E-state index in [0.717, 1.165) is 27.6 Å². The molecule has 2 aromatic heterocycles.